The topological polar surface area (TPSA) is 52.6 Å². The normalized spacial score (nSPS) is 30.5. The maximum Gasteiger partial charge on any atom is 0.352 e. The maximum absolute atomic E-state index is 13.3. The monoisotopic (exact) mass is 398 g/mol. The molecule has 0 radical (unpaired) electrons. The van der Waals surface area contributed by atoms with E-state index in [1.54, 1.807) is 6.92 Å². The van der Waals surface area contributed by atoms with Crippen molar-refractivity contribution in [3.63, 3.8) is 0 Å². The van der Waals surface area contributed by atoms with Crippen LogP contribution in [-0.4, -0.2) is 25.0 Å². The molecule has 1 aromatic heterocycles. The molecule has 4 nitrogen and oxygen atoms in total. The van der Waals surface area contributed by atoms with Crippen LogP contribution in [0.15, 0.2) is 24.3 Å². The van der Waals surface area contributed by atoms with Gasteiger partial charge in [0.2, 0.25) is 0 Å². The second-order valence-electron chi connectivity index (χ2n) is 8.89. The summed E-state index contributed by atoms with van der Waals surface area (Å²) in [7, 11) is 0. The van der Waals surface area contributed by atoms with Crippen molar-refractivity contribution >= 4 is 33.2 Å². The molecular formula is C23H26O4S. The first-order chi connectivity index (χ1) is 13.6. The quantitative estimate of drug-likeness (QED) is 0.624. The predicted molar refractivity (Wildman–Crippen MR) is 109 cm³/mol. The molecule has 148 valence electrons. The number of thiophene rings is 1. The number of fused-ring (bicyclic) bond motifs is 1. The number of hydrogen-bond acceptors (Lipinski definition) is 5. The molecule has 4 bridgehead atoms. The average molecular weight is 399 g/mol. The minimum Gasteiger partial charge on any atom is -0.483 e. The van der Waals surface area contributed by atoms with Crippen LogP contribution in [0.2, 0.25) is 0 Å². The molecule has 0 unspecified atom stereocenters. The third-order valence-electron chi connectivity index (χ3n) is 6.99. The Kier molecular flexibility index (Phi) is 4.46. The Balaban J connectivity index is 1.39. The summed E-state index contributed by atoms with van der Waals surface area (Å²) in [6, 6.07) is 7.78. The van der Waals surface area contributed by atoms with Gasteiger partial charge in [0.15, 0.2) is 16.4 Å². The van der Waals surface area contributed by atoms with Crippen molar-refractivity contribution in [2.45, 2.75) is 45.4 Å². The first kappa shape index (κ1) is 18.2. The van der Waals surface area contributed by atoms with Gasteiger partial charge in [0, 0.05) is 15.5 Å². The SMILES string of the molecule is CCOC(=O)c1sc2ccccc2c1OCC(=O)C12CC3CC(CC(C3)C1)C2. The molecule has 4 saturated carbocycles. The number of carbonyl (C=O) groups is 2. The summed E-state index contributed by atoms with van der Waals surface area (Å²) in [4.78, 5) is 26.2. The van der Waals surface area contributed by atoms with E-state index in [4.69, 9.17) is 9.47 Å². The van der Waals surface area contributed by atoms with Crippen molar-refractivity contribution < 1.29 is 19.1 Å². The van der Waals surface area contributed by atoms with E-state index in [0.717, 1.165) is 47.1 Å². The number of esters is 1. The molecule has 0 saturated heterocycles. The zero-order chi connectivity index (χ0) is 19.3. The number of rotatable bonds is 6. The van der Waals surface area contributed by atoms with E-state index >= 15 is 0 Å². The van der Waals surface area contributed by atoms with Gasteiger partial charge in [0.25, 0.3) is 0 Å². The number of Topliss-reactive ketones (excluding diaryl/α,β-unsaturated/α-hetero) is 1. The minimum atomic E-state index is -0.374. The summed E-state index contributed by atoms with van der Waals surface area (Å²) in [5.74, 6) is 2.56. The van der Waals surface area contributed by atoms with E-state index in [-0.39, 0.29) is 23.8 Å². The highest BCUT2D eigenvalue weighted by atomic mass is 32.1. The number of ether oxygens (including phenoxy) is 2. The van der Waals surface area contributed by atoms with E-state index in [9.17, 15) is 9.59 Å². The number of hydrogen-bond donors (Lipinski definition) is 0. The molecule has 1 heterocycles. The summed E-state index contributed by atoms with van der Waals surface area (Å²) in [6.07, 6.45) is 7.06. The highest BCUT2D eigenvalue weighted by molar-refractivity contribution is 7.21. The molecular weight excluding hydrogens is 372 g/mol. The van der Waals surface area contributed by atoms with Crippen LogP contribution in [0.1, 0.15) is 55.1 Å². The van der Waals surface area contributed by atoms with Crippen LogP contribution < -0.4 is 4.74 Å². The lowest BCUT2D eigenvalue weighted by atomic mass is 9.48. The van der Waals surface area contributed by atoms with Gasteiger partial charge in [-0.05, 0) is 75.3 Å². The maximum atomic E-state index is 13.3. The lowest BCUT2D eigenvalue weighted by Crippen LogP contribution is -2.51. The zero-order valence-electron chi connectivity index (χ0n) is 16.2. The van der Waals surface area contributed by atoms with Crippen molar-refractivity contribution in [3.8, 4) is 5.75 Å². The Morgan fingerprint density at radius 2 is 1.71 bits per heavy atom. The Morgan fingerprint density at radius 1 is 1.07 bits per heavy atom. The fraction of sp³-hybridized carbons (Fsp3) is 0.565. The summed E-state index contributed by atoms with van der Waals surface area (Å²) >= 11 is 1.37. The highest BCUT2D eigenvalue weighted by Crippen LogP contribution is 2.60. The van der Waals surface area contributed by atoms with E-state index in [0.29, 0.717) is 17.2 Å². The van der Waals surface area contributed by atoms with Crippen LogP contribution in [0.25, 0.3) is 10.1 Å². The molecule has 2 aromatic rings. The Labute approximate surface area is 169 Å². The number of benzene rings is 1. The number of ketones is 1. The van der Waals surface area contributed by atoms with Crippen LogP contribution in [0.3, 0.4) is 0 Å². The van der Waals surface area contributed by atoms with E-state index in [1.807, 2.05) is 24.3 Å². The second kappa shape index (κ2) is 6.87. The molecule has 6 rings (SSSR count). The molecule has 0 atom stereocenters. The fourth-order valence-corrected chi connectivity index (χ4v) is 7.28. The molecule has 0 aliphatic heterocycles. The van der Waals surface area contributed by atoms with E-state index < -0.39 is 0 Å². The van der Waals surface area contributed by atoms with Gasteiger partial charge < -0.3 is 9.47 Å². The van der Waals surface area contributed by atoms with Crippen LogP contribution >= 0.6 is 11.3 Å². The van der Waals surface area contributed by atoms with E-state index in [1.165, 1.54) is 30.6 Å². The first-order valence-electron chi connectivity index (χ1n) is 10.4. The van der Waals surface area contributed by atoms with Crippen LogP contribution in [0.5, 0.6) is 5.75 Å². The predicted octanol–water partition coefficient (Wildman–Crippen LogP) is 5.24. The molecule has 4 fully saturated rings. The third-order valence-corrected chi connectivity index (χ3v) is 8.12. The van der Waals surface area contributed by atoms with E-state index in [2.05, 4.69) is 0 Å². The molecule has 4 aliphatic carbocycles. The van der Waals surface area contributed by atoms with Gasteiger partial charge >= 0.3 is 5.97 Å². The van der Waals surface area contributed by atoms with Crippen molar-refractivity contribution in [1.82, 2.24) is 0 Å². The Morgan fingerprint density at radius 3 is 2.36 bits per heavy atom. The summed E-state index contributed by atoms with van der Waals surface area (Å²) in [5, 5.41) is 0.883. The van der Waals surface area contributed by atoms with Crippen LogP contribution in [0.4, 0.5) is 0 Å². The van der Waals surface area contributed by atoms with Gasteiger partial charge in [-0.25, -0.2) is 4.79 Å². The Hall–Kier alpha value is -1.88. The van der Waals surface area contributed by atoms with Gasteiger partial charge in [0.1, 0.15) is 6.61 Å². The van der Waals surface area contributed by atoms with Crippen LogP contribution in [0, 0.1) is 23.2 Å². The first-order valence-corrected chi connectivity index (χ1v) is 11.2. The summed E-state index contributed by atoms with van der Waals surface area (Å²) < 4.78 is 12.3. The van der Waals surface area contributed by atoms with Crippen LogP contribution in [-0.2, 0) is 9.53 Å². The largest absolute Gasteiger partial charge is 0.483 e. The summed E-state index contributed by atoms with van der Waals surface area (Å²) in [5.41, 5.74) is -0.176. The second-order valence-corrected chi connectivity index (χ2v) is 9.94. The number of carbonyl (C=O) groups excluding carboxylic acids is 2. The molecule has 1 aromatic carbocycles. The molecule has 28 heavy (non-hydrogen) atoms. The highest BCUT2D eigenvalue weighted by Gasteiger charge is 2.54. The van der Waals surface area contributed by atoms with Gasteiger partial charge in [-0.15, -0.1) is 11.3 Å². The smallest absolute Gasteiger partial charge is 0.352 e. The fourth-order valence-electron chi connectivity index (χ4n) is 6.24. The molecule has 4 aliphatic rings. The van der Waals surface area contributed by atoms with Gasteiger partial charge in [-0.2, -0.15) is 0 Å². The zero-order valence-corrected chi connectivity index (χ0v) is 17.1. The minimum absolute atomic E-state index is 0.0549. The van der Waals surface area contributed by atoms with Crippen molar-refractivity contribution in [2.75, 3.05) is 13.2 Å². The van der Waals surface area contributed by atoms with Crippen molar-refractivity contribution in [2.24, 2.45) is 23.2 Å². The third kappa shape index (κ3) is 2.95. The molecule has 0 N–H and O–H groups in total. The lowest BCUT2D eigenvalue weighted by molar-refractivity contribution is -0.145. The van der Waals surface area contributed by atoms with Gasteiger partial charge in [0.05, 0.1) is 6.61 Å². The molecule has 0 spiro atoms. The molecule has 5 heteroatoms. The standard InChI is InChI=1S/C23H26O4S/c1-2-26-22(25)21-20(17-5-3-4-6-18(17)28-21)27-13-19(24)23-10-14-7-15(11-23)9-16(8-14)12-23/h3-6,14-16H,2,7-13H2,1H3. The Bertz CT molecular complexity index is 893. The summed E-state index contributed by atoms with van der Waals surface area (Å²) in [6.45, 7) is 2.17. The lowest BCUT2D eigenvalue weighted by Gasteiger charge is -2.55. The van der Waals surface area contributed by atoms with Gasteiger partial charge in [-0.1, -0.05) is 12.1 Å². The van der Waals surface area contributed by atoms with Gasteiger partial charge in [-0.3, -0.25) is 4.79 Å². The average Bonchev–Trinajstić information content (AvgIpc) is 3.04. The van der Waals surface area contributed by atoms with Crippen molar-refractivity contribution in [3.05, 3.63) is 29.1 Å². The van der Waals surface area contributed by atoms with Crippen molar-refractivity contribution in [1.29, 1.82) is 0 Å². The molecule has 0 amide bonds.